The van der Waals surface area contributed by atoms with Gasteiger partial charge in [0.25, 0.3) is 0 Å². The molecule has 0 saturated carbocycles. The lowest BCUT2D eigenvalue weighted by Gasteiger charge is -2.21. The molecular formula is C20H24N2O2. The Balaban J connectivity index is 1.64. The summed E-state index contributed by atoms with van der Waals surface area (Å²) in [7, 11) is 0. The maximum Gasteiger partial charge on any atom is 0.228 e. The first-order chi connectivity index (χ1) is 11.8. The Bertz CT molecular complexity index is 676. The fourth-order valence-electron chi connectivity index (χ4n) is 3.06. The van der Waals surface area contributed by atoms with Crippen molar-refractivity contribution < 1.29 is 9.53 Å². The minimum Gasteiger partial charge on any atom is -0.494 e. The Hall–Kier alpha value is -2.49. The van der Waals surface area contributed by atoms with Gasteiger partial charge in [-0.25, -0.2) is 0 Å². The lowest BCUT2D eigenvalue weighted by atomic mass is 10.1. The van der Waals surface area contributed by atoms with Crippen molar-refractivity contribution in [2.75, 3.05) is 29.9 Å². The highest BCUT2D eigenvalue weighted by Gasteiger charge is 2.16. The molecule has 0 unspecified atom stereocenters. The van der Waals surface area contributed by atoms with Crippen LogP contribution in [0.5, 0.6) is 5.75 Å². The molecule has 4 nitrogen and oxygen atoms in total. The van der Waals surface area contributed by atoms with Crippen molar-refractivity contribution in [3.8, 4) is 5.75 Å². The molecular weight excluding hydrogens is 300 g/mol. The highest BCUT2D eigenvalue weighted by atomic mass is 16.5. The molecule has 0 spiro atoms. The van der Waals surface area contributed by atoms with Gasteiger partial charge in [-0.1, -0.05) is 24.3 Å². The number of hydrogen-bond donors (Lipinski definition) is 1. The molecule has 1 N–H and O–H groups in total. The van der Waals surface area contributed by atoms with E-state index in [0.29, 0.717) is 13.0 Å². The van der Waals surface area contributed by atoms with Crippen LogP contribution in [-0.4, -0.2) is 25.6 Å². The van der Waals surface area contributed by atoms with E-state index in [1.165, 1.54) is 12.8 Å². The molecule has 126 valence electrons. The Morgan fingerprint density at radius 3 is 2.50 bits per heavy atom. The maximum atomic E-state index is 12.4. The van der Waals surface area contributed by atoms with Crippen LogP contribution < -0.4 is 15.0 Å². The lowest BCUT2D eigenvalue weighted by Crippen LogP contribution is -2.21. The van der Waals surface area contributed by atoms with Crippen LogP contribution in [0, 0.1) is 0 Å². The molecule has 1 saturated heterocycles. The summed E-state index contributed by atoms with van der Waals surface area (Å²) in [5.74, 6) is 0.840. The number of benzene rings is 2. The van der Waals surface area contributed by atoms with Gasteiger partial charge in [0.05, 0.1) is 24.4 Å². The Kier molecular flexibility index (Phi) is 5.36. The molecule has 2 aromatic carbocycles. The highest BCUT2D eigenvalue weighted by Crippen LogP contribution is 2.28. The van der Waals surface area contributed by atoms with E-state index >= 15 is 0 Å². The van der Waals surface area contributed by atoms with Crippen molar-refractivity contribution in [3.05, 3.63) is 54.1 Å². The number of rotatable bonds is 6. The largest absolute Gasteiger partial charge is 0.494 e. The Morgan fingerprint density at radius 2 is 1.79 bits per heavy atom. The number of para-hydroxylation sites is 2. The van der Waals surface area contributed by atoms with Crippen LogP contribution in [0.15, 0.2) is 48.5 Å². The predicted molar refractivity (Wildman–Crippen MR) is 97.8 cm³/mol. The predicted octanol–water partition coefficient (Wildman–Crippen LogP) is 3.87. The van der Waals surface area contributed by atoms with Crippen molar-refractivity contribution in [1.82, 2.24) is 0 Å². The van der Waals surface area contributed by atoms with Crippen molar-refractivity contribution >= 4 is 17.3 Å². The first-order valence-electron chi connectivity index (χ1n) is 8.62. The molecule has 0 aliphatic carbocycles. The molecule has 1 aliphatic rings. The van der Waals surface area contributed by atoms with Gasteiger partial charge < -0.3 is 15.0 Å². The minimum atomic E-state index is 0.00538. The van der Waals surface area contributed by atoms with Gasteiger partial charge >= 0.3 is 0 Å². The van der Waals surface area contributed by atoms with E-state index in [1.54, 1.807) is 0 Å². The van der Waals surface area contributed by atoms with Crippen LogP contribution in [0.1, 0.15) is 25.3 Å². The van der Waals surface area contributed by atoms with Gasteiger partial charge in [0.1, 0.15) is 5.75 Å². The summed E-state index contributed by atoms with van der Waals surface area (Å²) in [4.78, 5) is 14.7. The monoisotopic (exact) mass is 324 g/mol. The van der Waals surface area contributed by atoms with Crippen molar-refractivity contribution in [3.63, 3.8) is 0 Å². The second kappa shape index (κ2) is 7.86. The summed E-state index contributed by atoms with van der Waals surface area (Å²) in [5, 5.41) is 3.06. The van der Waals surface area contributed by atoms with Crippen LogP contribution in [0.25, 0.3) is 0 Å². The number of anilines is 2. The standard InChI is InChI=1S/C20H24N2O2/c1-2-24-17-11-9-16(10-12-17)15-20(23)21-18-7-3-4-8-19(18)22-13-5-6-14-22/h3-4,7-12H,2,5-6,13-15H2,1H3,(H,21,23). The van der Waals surface area contributed by atoms with Gasteiger partial charge in [0, 0.05) is 13.1 Å². The molecule has 2 aromatic rings. The zero-order chi connectivity index (χ0) is 16.8. The fourth-order valence-corrected chi connectivity index (χ4v) is 3.06. The quantitative estimate of drug-likeness (QED) is 0.877. The third kappa shape index (κ3) is 4.07. The van der Waals surface area contributed by atoms with Crippen LogP contribution in [0.3, 0.4) is 0 Å². The number of nitrogens with one attached hydrogen (secondary N) is 1. The zero-order valence-electron chi connectivity index (χ0n) is 14.1. The molecule has 24 heavy (non-hydrogen) atoms. The topological polar surface area (TPSA) is 41.6 Å². The lowest BCUT2D eigenvalue weighted by molar-refractivity contribution is -0.115. The molecule has 1 aliphatic heterocycles. The first kappa shape index (κ1) is 16.4. The average Bonchev–Trinajstić information content (AvgIpc) is 3.12. The molecule has 0 radical (unpaired) electrons. The van der Waals surface area contributed by atoms with Gasteiger partial charge in [-0.3, -0.25) is 4.79 Å². The Morgan fingerprint density at radius 1 is 1.08 bits per heavy atom. The van der Waals surface area contributed by atoms with Gasteiger partial charge in [-0.2, -0.15) is 0 Å². The molecule has 0 aromatic heterocycles. The number of nitrogens with zero attached hydrogens (tertiary/aromatic N) is 1. The number of hydrogen-bond acceptors (Lipinski definition) is 3. The molecule has 4 heteroatoms. The molecule has 3 rings (SSSR count). The van der Waals surface area contributed by atoms with E-state index in [9.17, 15) is 4.79 Å². The molecule has 0 atom stereocenters. The second-order valence-electron chi connectivity index (χ2n) is 6.01. The van der Waals surface area contributed by atoms with E-state index in [1.807, 2.05) is 49.4 Å². The van der Waals surface area contributed by atoms with Crippen LogP contribution >= 0.6 is 0 Å². The van der Waals surface area contributed by atoms with Gasteiger partial charge in [0.15, 0.2) is 0 Å². The van der Waals surface area contributed by atoms with Gasteiger partial charge in [-0.15, -0.1) is 0 Å². The maximum absolute atomic E-state index is 12.4. The average molecular weight is 324 g/mol. The second-order valence-corrected chi connectivity index (χ2v) is 6.01. The normalized spacial score (nSPS) is 13.8. The molecule has 1 amide bonds. The first-order valence-corrected chi connectivity index (χ1v) is 8.62. The fraction of sp³-hybridized carbons (Fsp3) is 0.350. The van der Waals surface area contributed by atoms with Crippen molar-refractivity contribution in [2.45, 2.75) is 26.2 Å². The third-order valence-electron chi connectivity index (χ3n) is 4.22. The van der Waals surface area contributed by atoms with Crippen LogP contribution in [0.4, 0.5) is 11.4 Å². The summed E-state index contributed by atoms with van der Waals surface area (Å²) < 4.78 is 5.43. The number of carbonyl (C=O) groups excluding carboxylic acids is 1. The third-order valence-corrected chi connectivity index (χ3v) is 4.22. The van der Waals surface area contributed by atoms with Gasteiger partial charge in [0.2, 0.25) is 5.91 Å². The summed E-state index contributed by atoms with van der Waals surface area (Å²) in [6.07, 6.45) is 2.80. The summed E-state index contributed by atoms with van der Waals surface area (Å²) in [6, 6.07) is 15.7. The van der Waals surface area contributed by atoms with Crippen LogP contribution in [-0.2, 0) is 11.2 Å². The number of amides is 1. The van der Waals surface area contributed by atoms with E-state index in [4.69, 9.17) is 4.74 Å². The number of ether oxygens (including phenoxy) is 1. The molecule has 0 bridgehead atoms. The van der Waals surface area contributed by atoms with E-state index in [2.05, 4.69) is 16.3 Å². The summed E-state index contributed by atoms with van der Waals surface area (Å²) in [6.45, 7) is 4.73. The number of carbonyl (C=O) groups is 1. The Labute approximate surface area is 143 Å². The highest BCUT2D eigenvalue weighted by molar-refractivity contribution is 5.95. The summed E-state index contributed by atoms with van der Waals surface area (Å²) >= 11 is 0. The smallest absolute Gasteiger partial charge is 0.228 e. The van der Waals surface area contributed by atoms with Gasteiger partial charge in [-0.05, 0) is 49.6 Å². The SMILES string of the molecule is CCOc1ccc(CC(=O)Nc2ccccc2N2CCCC2)cc1. The summed E-state index contributed by atoms with van der Waals surface area (Å²) in [5.41, 5.74) is 3.00. The minimum absolute atomic E-state index is 0.00538. The van der Waals surface area contributed by atoms with Crippen LogP contribution in [0.2, 0.25) is 0 Å². The van der Waals surface area contributed by atoms with Crippen molar-refractivity contribution in [1.29, 1.82) is 0 Å². The van der Waals surface area contributed by atoms with E-state index < -0.39 is 0 Å². The molecule has 1 fully saturated rings. The van der Waals surface area contributed by atoms with Crippen molar-refractivity contribution in [2.24, 2.45) is 0 Å². The zero-order valence-corrected chi connectivity index (χ0v) is 14.1. The van der Waals surface area contributed by atoms with E-state index in [0.717, 1.165) is 35.8 Å². The van der Waals surface area contributed by atoms with E-state index in [-0.39, 0.29) is 5.91 Å². The molecule has 1 heterocycles.